The van der Waals surface area contributed by atoms with Gasteiger partial charge < -0.3 is 0 Å². The molecule has 0 saturated carbocycles. The van der Waals surface area contributed by atoms with Crippen molar-refractivity contribution in [2.45, 2.75) is 20.3 Å². The van der Waals surface area contributed by atoms with E-state index in [0.29, 0.717) is 0 Å². The van der Waals surface area contributed by atoms with Gasteiger partial charge in [0.15, 0.2) is 0 Å². The van der Waals surface area contributed by atoms with Crippen molar-refractivity contribution in [2.24, 2.45) is 5.41 Å². The van der Waals surface area contributed by atoms with E-state index in [1.54, 1.807) is 0 Å². The zero-order valence-corrected chi connectivity index (χ0v) is 9.83. The quantitative estimate of drug-likeness (QED) is 0.482. The standard InChI is InChI=1S/C16H16/c1-4-13-7-5-8-14(11-13)15-9-6-10-16(2,3)12-15/h1,5-8,10-12H,9H2,2-3H3. The first-order valence-corrected chi connectivity index (χ1v) is 5.57. The third-order valence-electron chi connectivity index (χ3n) is 2.83. The van der Waals surface area contributed by atoms with E-state index in [9.17, 15) is 0 Å². The van der Waals surface area contributed by atoms with E-state index in [0.717, 1.165) is 12.0 Å². The first-order chi connectivity index (χ1) is 7.61. The van der Waals surface area contributed by atoms with Crippen LogP contribution in [0.1, 0.15) is 31.4 Å². The van der Waals surface area contributed by atoms with Gasteiger partial charge in [-0.3, -0.25) is 0 Å². The predicted molar refractivity (Wildman–Crippen MR) is 69.9 cm³/mol. The highest BCUT2D eigenvalue weighted by Gasteiger charge is 2.16. The minimum atomic E-state index is 0.153. The predicted octanol–water partition coefficient (Wildman–Crippen LogP) is 4.04. The molecule has 1 aliphatic rings. The van der Waals surface area contributed by atoms with Crippen LogP contribution >= 0.6 is 0 Å². The molecule has 0 spiro atoms. The SMILES string of the molecule is C#Cc1cccc(C2=CC(C)(C)C=CC2)c1. The van der Waals surface area contributed by atoms with Crippen LogP contribution in [0, 0.1) is 17.8 Å². The van der Waals surface area contributed by atoms with E-state index in [2.05, 4.69) is 50.1 Å². The summed E-state index contributed by atoms with van der Waals surface area (Å²) in [6.07, 6.45) is 13.2. The van der Waals surface area contributed by atoms with E-state index in [1.165, 1.54) is 11.1 Å². The Morgan fingerprint density at radius 3 is 2.81 bits per heavy atom. The lowest BCUT2D eigenvalue weighted by atomic mass is 9.83. The van der Waals surface area contributed by atoms with Gasteiger partial charge in [0.1, 0.15) is 0 Å². The van der Waals surface area contributed by atoms with Crippen LogP contribution in [0.3, 0.4) is 0 Å². The highest BCUT2D eigenvalue weighted by Crippen LogP contribution is 2.32. The first-order valence-electron chi connectivity index (χ1n) is 5.57. The number of hydrogen-bond donors (Lipinski definition) is 0. The van der Waals surface area contributed by atoms with Crippen molar-refractivity contribution in [3.63, 3.8) is 0 Å². The van der Waals surface area contributed by atoms with E-state index >= 15 is 0 Å². The lowest BCUT2D eigenvalue weighted by molar-refractivity contribution is 0.618. The summed E-state index contributed by atoms with van der Waals surface area (Å²) in [5, 5.41) is 0. The maximum atomic E-state index is 5.42. The summed E-state index contributed by atoms with van der Waals surface area (Å²) in [4.78, 5) is 0. The smallest absolute Gasteiger partial charge is 0.0248 e. The van der Waals surface area contributed by atoms with Crippen LogP contribution in [0.4, 0.5) is 0 Å². The molecule has 1 aromatic carbocycles. The van der Waals surface area contributed by atoms with Crippen molar-refractivity contribution >= 4 is 5.57 Å². The number of allylic oxidation sites excluding steroid dienone is 4. The number of benzene rings is 1. The lowest BCUT2D eigenvalue weighted by Crippen LogP contribution is -2.07. The fourth-order valence-corrected chi connectivity index (χ4v) is 2.06. The Kier molecular flexibility index (Phi) is 2.71. The Balaban J connectivity index is 2.39. The molecule has 0 amide bonds. The van der Waals surface area contributed by atoms with Crippen LogP contribution in [0.5, 0.6) is 0 Å². The molecule has 16 heavy (non-hydrogen) atoms. The molecular formula is C16H16. The molecular weight excluding hydrogens is 192 g/mol. The highest BCUT2D eigenvalue weighted by molar-refractivity contribution is 5.70. The van der Waals surface area contributed by atoms with Crippen LogP contribution in [-0.4, -0.2) is 0 Å². The topological polar surface area (TPSA) is 0 Å². The average Bonchev–Trinajstić information content (AvgIpc) is 2.28. The van der Waals surface area contributed by atoms with Crippen LogP contribution in [0.25, 0.3) is 5.57 Å². The van der Waals surface area contributed by atoms with Crippen molar-refractivity contribution in [2.75, 3.05) is 0 Å². The Labute approximate surface area is 97.7 Å². The zero-order chi connectivity index (χ0) is 11.6. The molecule has 0 heterocycles. The monoisotopic (exact) mass is 208 g/mol. The lowest BCUT2D eigenvalue weighted by Gasteiger charge is -2.22. The summed E-state index contributed by atoms with van der Waals surface area (Å²) in [6.45, 7) is 4.43. The van der Waals surface area contributed by atoms with Crippen molar-refractivity contribution in [3.8, 4) is 12.3 Å². The maximum absolute atomic E-state index is 5.42. The largest absolute Gasteiger partial charge is 0.115 e. The molecule has 0 radical (unpaired) electrons. The third-order valence-corrected chi connectivity index (χ3v) is 2.83. The summed E-state index contributed by atoms with van der Waals surface area (Å²) in [5.41, 5.74) is 3.71. The number of terminal acetylenes is 1. The van der Waals surface area contributed by atoms with Crippen LogP contribution < -0.4 is 0 Å². The second-order valence-electron chi connectivity index (χ2n) is 4.82. The van der Waals surface area contributed by atoms with Crippen molar-refractivity contribution in [1.29, 1.82) is 0 Å². The summed E-state index contributed by atoms with van der Waals surface area (Å²) in [6, 6.07) is 8.20. The molecule has 0 bridgehead atoms. The molecule has 0 aliphatic heterocycles. The molecule has 80 valence electrons. The Bertz CT molecular complexity index is 493. The summed E-state index contributed by atoms with van der Waals surface area (Å²) in [5.74, 6) is 2.68. The summed E-state index contributed by atoms with van der Waals surface area (Å²) < 4.78 is 0. The molecule has 0 nitrogen and oxygen atoms in total. The summed E-state index contributed by atoms with van der Waals surface area (Å²) in [7, 11) is 0. The van der Waals surface area contributed by atoms with Crippen LogP contribution in [0.15, 0.2) is 42.5 Å². The van der Waals surface area contributed by atoms with Gasteiger partial charge in [-0.15, -0.1) is 6.42 Å². The zero-order valence-electron chi connectivity index (χ0n) is 9.83. The molecule has 0 saturated heterocycles. The highest BCUT2D eigenvalue weighted by atomic mass is 14.2. The molecule has 0 unspecified atom stereocenters. The van der Waals surface area contributed by atoms with Gasteiger partial charge in [-0.1, -0.05) is 50.1 Å². The van der Waals surface area contributed by atoms with Gasteiger partial charge in [0.2, 0.25) is 0 Å². The van der Waals surface area contributed by atoms with Gasteiger partial charge in [0.05, 0.1) is 0 Å². The third kappa shape index (κ3) is 2.25. The second-order valence-corrected chi connectivity index (χ2v) is 4.82. The minimum Gasteiger partial charge on any atom is -0.115 e. The van der Waals surface area contributed by atoms with Crippen molar-refractivity contribution < 1.29 is 0 Å². The van der Waals surface area contributed by atoms with E-state index in [1.807, 2.05) is 12.1 Å². The molecule has 1 aliphatic carbocycles. The first kappa shape index (κ1) is 10.8. The van der Waals surface area contributed by atoms with Gasteiger partial charge >= 0.3 is 0 Å². The normalized spacial score (nSPS) is 17.7. The molecule has 1 aromatic rings. The minimum absolute atomic E-state index is 0.153. The van der Waals surface area contributed by atoms with Gasteiger partial charge in [-0.2, -0.15) is 0 Å². The molecule has 0 N–H and O–H groups in total. The molecule has 0 atom stereocenters. The van der Waals surface area contributed by atoms with Crippen LogP contribution in [-0.2, 0) is 0 Å². The Morgan fingerprint density at radius 1 is 1.31 bits per heavy atom. The van der Waals surface area contributed by atoms with Crippen molar-refractivity contribution in [1.82, 2.24) is 0 Å². The van der Waals surface area contributed by atoms with Gasteiger partial charge in [0.25, 0.3) is 0 Å². The van der Waals surface area contributed by atoms with Gasteiger partial charge in [-0.25, -0.2) is 0 Å². The molecule has 0 heteroatoms. The molecule has 0 fully saturated rings. The number of hydrogen-bond acceptors (Lipinski definition) is 0. The molecule has 0 aromatic heterocycles. The van der Waals surface area contributed by atoms with Gasteiger partial charge in [0, 0.05) is 11.0 Å². The van der Waals surface area contributed by atoms with E-state index in [4.69, 9.17) is 6.42 Å². The van der Waals surface area contributed by atoms with Gasteiger partial charge in [-0.05, 0) is 29.7 Å². The molecule has 2 rings (SSSR count). The summed E-state index contributed by atoms with van der Waals surface area (Å²) >= 11 is 0. The van der Waals surface area contributed by atoms with E-state index in [-0.39, 0.29) is 5.41 Å². The fourth-order valence-electron chi connectivity index (χ4n) is 2.06. The maximum Gasteiger partial charge on any atom is 0.0248 e. The number of rotatable bonds is 1. The van der Waals surface area contributed by atoms with E-state index < -0.39 is 0 Å². The fraction of sp³-hybridized carbons (Fsp3) is 0.250. The average molecular weight is 208 g/mol. The Morgan fingerprint density at radius 2 is 2.12 bits per heavy atom. The Hall–Kier alpha value is -1.74. The van der Waals surface area contributed by atoms with Crippen LogP contribution in [0.2, 0.25) is 0 Å². The van der Waals surface area contributed by atoms with Crippen molar-refractivity contribution in [3.05, 3.63) is 53.6 Å². The second kappa shape index (κ2) is 4.02.